The molecule has 154 valence electrons. The molecule has 0 atom stereocenters. The SMILES string of the molecule is COCCCNC(=NCc1nnc(C)n1C)N1CCN(Cc2cccs2)CC1. The third kappa shape index (κ3) is 5.76. The van der Waals surface area contributed by atoms with Crippen molar-refractivity contribution in [1.29, 1.82) is 0 Å². The highest BCUT2D eigenvalue weighted by Gasteiger charge is 2.20. The van der Waals surface area contributed by atoms with Gasteiger partial charge in [-0.15, -0.1) is 21.5 Å². The molecule has 8 nitrogen and oxygen atoms in total. The van der Waals surface area contributed by atoms with E-state index in [9.17, 15) is 0 Å². The molecule has 0 radical (unpaired) electrons. The minimum atomic E-state index is 0.527. The molecule has 3 heterocycles. The smallest absolute Gasteiger partial charge is 0.194 e. The predicted octanol–water partition coefficient (Wildman–Crippen LogP) is 1.48. The van der Waals surface area contributed by atoms with E-state index in [-0.39, 0.29) is 0 Å². The van der Waals surface area contributed by atoms with Crippen molar-refractivity contribution in [2.24, 2.45) is 12.0 Å². The number of thiophene rings is 1. The Labute approximate surface area is 171 Å². The van der Waals surface area contributed by atoms with Crippen molar-refractivity contribution >= 4 is 17.3 Å². The van der Waals surface area contributed by atoms with Gasteiger partial charge in [0.25, 0.3) is 0 Å². The summed E-state index contributed by atoms with van der Waals surface area (Å²) in [5.74, 6) is 2.74. The Kier molecular flexibility index (Phi) is 7.81. The minimum Gasteiger partial charge on any atom is -0.385 e. The van der Waals surface area contributed by atoms with Gasteiger partial charge in [0.2, 0.25) is 0 Å². The standard InChI is InChI=1S/C19H31N7OS/c1-16-22-23-18(24(16)2)14-21-19(20-7-5-12-27-3)26-10-8-25(9-11-26)15-17-6-4-13-28-17/h4,6,13H,5,7-12,14-15H2,1-3H3,(H,20,21). The lowest BCUT2D eigenvalue weighted by Gasteiger charge is -2.36. The summed E-state index contributed by atoms with van der Waals surface area (Å²) in [6, 6.07) is 4.34. The lowest BCUT2D eigenvalue weighted by molar-refractivity contribution is 0.172. The van der Waals surface area contributed by atoms with Crippen molar-refractivity contribution in [3.05, 3.63) is 34.0 Å². The Bertz CT molecular complexity index is 736. The highest BCUT2D eigenvalue weighted by molar-refractivity contribution is 7.09. The van der Waals surface area contributed by atoms with E-state index in [0.29, 0.717) is 6.54 Å². The second-order valence-corrected chi connectivity index (χ2v) is 8.01. The van der Waals surface area contributed by atoms with Crippen molar-refractivity contribution in [1.82, 2.24) is 29.9 Å². The summed E-state index contributed by atoms with van der Waals surface area (Å²) in [7, 11) is 3.72. The first-order valence-corrected chi connectivity index (χ1v) is 10.7. The molecule has 3 rings (SSSR count). The number of ether oxygens (including phenoxy) is 1. The number of nitrogens with one attached hydrogen (secondary N) is 1. The third-order valence-electron chi connectivity index (χ3n) is 4.99. The summed E-state index contributed by atoms with van der Waals surface area (Å²) in [4.78, 5) is 11.1. The zero-order valence-electron chi connectivity index (χ0n) is 17.1. The van der Waals surface area contributed by atoms with E-state index >= 15 is 0 Å². The molecule has 1 saturated heterocycles. The summed E-state index contributed by atoms with van der Waals surface area (Å²) in [5.41, 5.74) is 0. The molecule has 0 spiro atoms. The van der Waals surface area contributed by atoms with Crippen LogP contribution in [0.25, 0.3) is 0 Å². The molecule has 2 aromatic rings. The van der Waals surface area contributed by atoms with Gasteiger partial charge in [0, 0.05) is 64.9 Å². The molecular weight excluding hydrogens is 374 g/mol. The Balaban J connectivity index is 1.58. The van der Waals surface area contributed by atoms with E-state index in [1.54, 1.807) is 7.11 Å². The van der Waals surface area contributed by atoms with Gasteiger partial charge in [-0.25, -0.2) is 4.99 Å². The van der Waals surface area contributed by atoms with Crippen LogP contribution in [0.2, 0.25) is 0 Å². The summed E-state index contributed by atoms with van der Waals surface area (Å²) in [5, 5.41) is 14.0. The second-order valence-electron chi connectivity index (χ2n) is 6.98. The van der Waals surface area contributed by atoms with Crippen molar-refractivity contribution in [2.75, 3.05) is 46.4 Å². The van der Waals surface area contributed by atoms with Gasteiger partial charge in [-0.3, -0.25) is 4.90 Å². The largest absolute Gasteiger partial charge is 0.385 e. The summed E-state index contributed by atoms with van der Waals surface area (Å²) < 4.78 is 7.15. The molecule has 28 heavy (non-hydrogen) atoms. The van der Waals surface area contributed by atoms with Crippen LogP contribution in [0.15, 0.2) is 22.5 Å². The van der Waals surface area contributed by atoms with Crippen LogP contribution >= 0.6 is 11.3 Å². The fraction of sp³-hybridized carbons (Fsp3) is 0.632. The number of nitrogens with zero attached hydrogens (tertiary/aromatic N) is 6. The molecule has 9 heteroatoms. The van der Waals surface area contributed by atoms with Crippen LogP contribution in [0.1, 0.15) is 22.9 Å². The number of guanidine groups is 1. The van der Waals surface area contributed by atoms with Gasteiger partial charge in [-0.2, -0.15) is 0 Å². The number of rotatable bonds is 8. The van der Waals surface area contributed by atoms with Gasteiger partial charge < -0.3 is 19.5 Å². The van der Waals surface area contributed by atoms with Gasteiger partial charge in [0.05, 0.1) is 0 Å². The molecule has 1 fully saturated rings. The minimum absolute atomic E-state index is 0.527. The van der Waals surface area contributed by atoms with Crippen LogP contribution in [0, 0.1) is 6.92 Å². The maximum atomic E-state index is 5.16. The van der Waals surface area contributed by atoms with Gasteiger partial charge in [-0.05, 0) is 24.8 Å². The Morgan fingerprint density at radius 3 is 2.75 bits per heavy atom. The quantitative estimate of drug-likeness (QED) is 0.408. The number of hydrogen-bond donors (Lipinski definition) is 1. The van der Waals surface area contributed by atoms with Crippen LogP contribution < -0.4 is 5.32 Å². The zero-order valence-corrected chi connectivity index (χ0v) is 17.9. The number of aryl methyl sites for hydroxylation is 1. The highest BCUT2D eigenvalue weighted by Crippen LogP contribution is 2.13. The van der Waals surface area contributed by atoms with Crippen molar-refractivity contribution in [3.8, 4) is 0 Å². The van der Waals surface area contributed by atoms with Gasteiger partial charge in [0.15, 0.2) is 11.8 Å². The fourth-order valence-electron chi connectivity index (χ4n) is 3.16. The zero-order chi connectivity index (χ0) is 19.8. The first-order chi connectivity index (χ1) is 13.7. The number of aliphatic imine (C=N–C) groups is 1. The lowest BCUT2D eigenvalue weighted by atomic mass is 10.3. The van der Waals surface area contributed by atoms with Crippen LogP contribution in [-0.4, -0.2) is 77.0 Å². The topological polar surface area (TPSA) is 70.8 Å². The average molecular weight is 406 g/mol. The van der Waals surface area contributed by atoms with Crippen LogP contribution in [0.4, 0.5) is 0 Å². The predicted molar refractivity (Wildman–Crippen MR) is 113 cm³/mol. The summed E-state index contributed by atoms with van der Waals surface area (Å²) in [6.45, 7) is 9.14. The summed E-state index contributed by atoms with van der Waals surface area (Å²) >= 11 is 1.83. The first kappa shape index (κ1) is 20.8. The molecular formula is C19H31N7OS. The molecule has 0 amide bonds. The molecule has 0 aromatic carbocycles. The van der Waals surface area contributed by atoms with E-state index in [2.05, 4.69) is 42.8 Å². The first-order valence-electron chi connectivity index (χ1n) is 9.79. The number of methoxy groups -OCH3 is 1. The number of piperazine rings is 1. The molecule has 1 N–H and O–H groups in total. The molecule has 1 aliphatic heterocycles. The fourth-order valence-corrected chi connectivity index (χ4v) is 3.91. The van der Waals surface area contributed by atoms with E-state index in [0.717, 1.165) is 69.9 Å². The molecule has 1 aliphatic rings. The van der Waals surface area contributed by atoms with E-state index < -0.39 is 0 Å². The van der Waals surface area contributed by atoms with Gasteiger partial charge in [0.1, 0.15) is 12.4 Å². The van der Waals surface area contributed by atoms with Gasteiger partial charge in [-0.1, -0.05) is 6.07 Å². The Morgan fingerprint density at radius 1 is 1.29 bits per heavy atom. The molecule has 0 saturated carbocycles. The normalized spacial score (nSPS) is 16.0. The van der Waals surface area contributed by atoms with Crippen molar-refractivity contribution in [3.63, 3.8) is 0 Å². The lowest BCUT2D eigenvalue weighted by Crippen LogP contribution is -2.52. The van der Waals surface area contributed by atoms with Gasteiger partial charge >= 0.3 is 0 Å². The molecule has 0 bridgehead atoms. The van der Waals surface area contributed by atoms with E-state index in [4.69, 9.17) is 9.73 Å². The molecule has 0 aliphatic carbocycles. The van der Waals surface area contributed by atoms with Crippen LogP contribution in [0.5, 0.6) is 0 Å². The Hall–Kier alpha value is -1.97. The van der Waals surface area contributed by atoms with Crippen LogP contribution in [-0.2, 0) is 24.9 Å². The second kappa shape index (κ2) is 10.5. The van der Waals surface area contributed by atoms with Crippen molar-refractivity contribution in [2.45, 2.75) is 26.4 Å². The number of aromatic nitrogens is 3. The van der Waals surface area contributed by atoms with Crippen LogP contribution in [0.3, 0.4) is 0 Å². The maximum Gasteiger partial charge on any atom is 0.194 e. The highest BCUT2D eigenvalue weighted by atomic mass is 32.1. The molecule has 2 aromatic heterocycles. The van der Waals surface area contributed by atoms with E-state index in [1.165, 1.54) is 4.88 Å². The number of hydrogen-bond acceptors (Lipinski definition) is 6. The maximum absolute atomic E-state index is 5.16. The van der Waals surface area contributed by atoms with Crippen molar-refractivity contribution < 1.29 is 4.74 Å². The third-order valence-corrected chi connectivity index (χ3v) is 5.85. The molecule has 0 unspecified atom stereocenters. The average Bonchev–Trinajstić information content (AvgIpc) is 3.33. The summed E-state index contributed by atoms with van der Waals surface area (Å²) in [6.07, 6.45) is 0.955. The Morgan fingerprint density at radius 2 is 2.11 bits per heavy atom. The monoisotopic (exact) mass is 405 g/mol. The van der Waals surface area contributed by atoms with E-state index in [1.807, 2.05) is 29.9 Å².